The van der Waals surface area contributed by atoms with Gasteiger partial charge in [0.2, 0.25) is 10.0 Å². The maximum absolute atomic E-state index is 13.2. The Labute approximate surface area is 206 Å². The van der Waals surface area contributed by atoms with E-state index in [4.69, 9.17) is 17.3 Å². The first kappa shape index (κ1) is 22.8. The Hall–Kier alpha value is -2.98. The van der Waals surface area contributed by atoms with Gasteiger partial charge >= 0.3 is 0 Å². The first-order chi connectivity index (χ1) is 16.3. The lowest BCUT2D eigenvalue weighted by Crippen LogP contribution is -2.50. The van der Waals surface area contributed by atoms with Crippen molar-refractivity contribution in [2.45, 2.75) is 4.90 Å². The minimum absolute atomic E-state index is 0.121. The first-order valence-corrected chi connectivity index (χ1v) is 13.3. The largest absolute Gasteiger partial charge is 0.375 e. The minimum Gasteiger partial charge on any atom is -0.375 e. The highest BCUT2D eigenvalue weighted by Gasteiger charge is 2.30. The summed E-state index contributed by atoms with van der Waals surface area (Å²) < 4.78 is 27.8. The number of thiazole rings is 1. The monoisotopic (exact) mass is 512 g/mol. The third-order valence-electron chi connectivity index (χ3n) is 5.89. The SMILES string of the molecule is Nc1nc(-c2ccc(C(=O)N3CCN(S(=O)(=O)c4ccc5cc(Cl)ccc5c4)CC3)cc2)cs1. The number of benzene rings is 3. The first-order valence-electron chi connectivity index (χ1n) is 10.6. The predicted molar refractivity (Wildman–Crippen MR) is 136 cm³/mol. The van der Waals surface area contributed by atoms with Gasteiger partial charge in [0.25, 0.3) is 5.91 Å². The molecule has 1 saturated heterocycles. The van der Waals surface area contributed by atoms with Crippen molar-refractivity contribution in [2.75, 3.05) is 31.9 Å². The van der Waals surface area contributed by atoms with E-state index in [9.17, 15) is 13.2 Å². The van der Waals surface area contributed by atoms with Crippen LogP contribution in [0.5, 0.6) is 0 Å². The van der Waals surface area contributed by atoms with Crippen LogP contribution in [-0.4, -0.2) is 54.7 Å². The van der Waals surface area contributed by atoms with Crippen LogP contribution in [0.1, 0.15) is 10.4 Å². The highest BCUT2D eigenvalue weighted by Crippen LogP contribution is 2.26. The number of hydrogen-bond acceptors (Lipinski definition) is 6. The Morgan fingerprint density at radius 1 is 0.941 bits per heavy atom. The highest BCUT2D eigenvalue weighted by atomic mass is 35.5. The van der Waals surface area contributed by atoms with E-state index in [-0.39, 0.29) is 23.9 Å². The summed E-state index contributed by atoms with van der Waals surface area (Å²) >= 11 is 7.39. The van der Waals surface area contributed by atoms with Gasteiger partial charge in [-0.15, -0.1) is 11.3 Å². The fourth-order valence-electron chi connectivity index (χ4n) is 4.02. The Kier molecular flexibility index (Phi) is 6.03. The molecule has 1 aromatic heterocycles. The smallest absolute Gasteiger partial charge is 0.253 e. The summed E-state index contributed by atoms with van der Waals surface area (Å²) in [4.78, 5) is 19.1. The summed E-state index contributed by atoms with van der Waals surface area (Å²) in [5.74, 6) is -0.121. The maximum Gasteiger partial charge on any atom is 0.253 e. The second-order valence-corrected chi connectivity index (χ2v) is 11.3. The summed E-state index contributed by atoms with van der Waals surface area (Å²) in [5, 5.41) is 4.66. The van der Waals surface area contributed by atoms with Crippen LogP contribution in [0.15, 0.2) is 70.9 Å². The van der Waals surface area contributed by atoms with Gasteiger partial charge in [0.15, 0.2) is 5.13 Å². The van der Waals surface area contributed by atoms with Gasteiger partial charge in [-0.25, -0.2) is 13.4 Å². The number of fused-ring (bicyclic) bond motifs is 1. The molecule has 10 heteroatoms. The van der Waals surface area contributed by atoms with Crippen molar-refractivity contribution in [3.63, 3.8) is 0 Å². The van der Waals surface area contributed by atoms with E-state index in [1.165, 1.54) is 15.6 Å². The quantitative estimate of drug-likeness (QED) is 0.438. The molecular formula is C24H21ClN4O3S2. The van der Waals surface area contributed by atoms with Crippen molar-refractivity contribution in [3.8, 4) is 11.3 Å². The molecule has 0 radical (unpaired) electrons. The zero-order chi connectivity index (χ0) is 23.9. The Balaban J connectivity index is 1.26. The molecule has 0 atom stereocenters. The van der Waals surface area contributed by atoms with Gasteiger partial charge < -0.3 is 10.6 Å². The lowest BCUT2D eigenvalue weighted by Gasteiger charge is -2.34. The number of carbonyl (C=O) groups excluding carboxylic acids is 1. The Bertz CT molecular complexity index is 1480. The van der Waals surface area contributed by atoms with Crippen molar-refractivity contribution in [1.82, 2.24) is 14.2 Å². The molecule has 1 fully saturated rings. The van der Waals surface area contributed by atoms with Gasteiger partial charge in [-0.05, 0) is 47.2 Å². The molecule has 5 rings (SSSR count). The third-order valence-corrected chi connectivity index (χ3v) is 8.69. The molecule has 2 N–H and O–H groups in total. The van der Waals surface area contributed by atoms with Gasteiger partial charge in [-0.2, -0.15) is 4.31 Å². The molecule has 0 bridgehead atoms. The number of amides is 1. The highest BCUT2D eigenvalue weighted by molar-refractivity contribution is 7.89. The molecular weight excluding hydrogens is 492 g/mol. The van der Waals surface area contributed by atoms with Gasteiger partial charge in [0.05, 0.1) is 10.6 Å². The van der Waals surface area contributed by atoms with Crippen LogP contribution in [-0.2, 0) is 10.0 Å². The van der Waals surface area contributed by atoms with Crippen LogP contribution in [0.25, 0.3) is 22.0 Å². The number of sulfonamides is 1. The molecule has 2 heterocycles. The lowest BCUT2D eigenvalue weighted by molar-refractivity contribution is 0.0698. The van der Waals surface area contributed by atoms with E-state index in [0.29, 0.717) is 28.8 Å². The number of nitrogen functional groups attached to an aromatic ring is 1. The van der Waals surface area contributed by atoms with E-state index in [1.54, 1.807) is 47.4 Å². The third kappa shape index (κ3) is 4.39. The number of carbonyl (C=O) groups is 1. The van der Waals surface area contributed by atoms with Crippen LogP contribution in [0.3, 0.4) is 0 Å². The number of anilines is 1. The zero-order valence-electron chi connectivity index (χ0n) is 18.0. The van der Waals surface area contributed by atoms with Crippen LogP contribution >= 0.6 is 22.9 Å². The molecule has 4 aromatic rings. The van der Waals surface area contributed by atoms with Crippen LogP contribution < -0.4 is 5.73 Å². The van der Waals surface area contributed by atoms with Crippen LogP contribution in [0.2, 0.25) is 5.02 Å². The van der Waals surface area contributed by atoms with E-state index >= 15 is 0 Å². The molecule has 0 unspecified atom stereocenters. The van der Waals surface area contributed by atoms with Gasteiger partial charge in [0, 0.05) is 47.7 Å². The summed E-state index contributed by atoms with van der Waals surface area (Å²) in [7, 11) is -3.67. The lowest BCUT2D eigenvalue weighted by atomic mass is 10.1. The number of piperazine rings is 1. The van der Waals surface area contributed by atoms with Crippen molar-refractivity contribution in [1.29, 1.82) is 0 Å². The van der Waals surface area contributed by atoms with Crippen molar-refractivity contribution in [3.05, 3.63) is 76.6 Å². The van der Waals surface area contributed by atoms with Gasteiger partial charge in [0.1, 0.15) is 0 Å². The molecule has 1 amide bonds. The summed E-state index contributed by atoms with van der Waals surface area (Å²) in [6.07, 6.45) is 0. The van der Waals surface area contributed by atoms with Crippen molar-refractivity contribution < 1.29 is 13.2 Å². The molecule has 34 heavy (non-hydrogen) atoms. The van der Waals surface area contributed by atoms with Gasteiger partial charge in [-0.1, -0.05) is 35.9 Å². The molecule has 174 valence electrons. The minimum atomic E-state index is -3.67. The molecule has 0 saturated carbocycles. The topological polar surface area (TPSA) is 96.6 Å². The number of nitrogens with zero attached hydrogens (tertiary/aromatic N) is 3. The van der Waals surface area contributed by atoms with Gasteiger partial charge in [-0.3, -0.25) is 4.79 Å². The number of halogens is 1. The van der Waals surface area contributed by atoms with E-state index in [0.717, 1.165) is 22.0 Å². The molecule has 3 aromatic carbocycles. The van der Waals surface area contributed by atoms with Crippen LogP contribution in [0, 0.1) is 0 Å². The molecule has 1 aliphatic heterocycles. The van der Waals surface area contributed by atoms with E-state index in [1.807, 2.05) is 23.6 Å². The fourth-order valence-corrected chi connectivity index (χ4v) is 6.23. The number of nitrogens with two attached hydrogens (primary N) is 1. The maximum atomic E-state index is 13.2. The second kappa shape index (κ2) is 8.99. The van der Waals surface area contributed by atoms with E-state index in [2.05, 4.69) is 4.98 Å². The molecule has 7 nitrogen and oxygen atoms in total. The fraction of sp³-hybridized carbons (Fsp3) is 0.167. The number of hydrogen-bond donors (Lipinski definition) is 1. The van der Waals surface area contributed by atoms with Crippen molar-refractivity contribution >= 4 is 54.8 Å². The average molecular weight is 513 g/mol. The normalized spacial score (nSPS) is 15.0. The van der Waals surface area contributed by atoms with Crippen LogP contribution in [0.4, 0.5) is 5.13 Å². The summed E-state index contributed by atoms with van der Waals surface area (Å²) in [6, 6.07) is 17.6. The standard InChI is InChI=1S/C24H21ClN4O3S2/c25-20-7-5-19-14-21(8-6-18(19)13-20)34(31,32)29-11-9-28(10-12-29)23(30)17-3-1-16(2-4-17)22-15-33-24(26)27-22/h1-8,13-15H,9-12H2,(H2,26,27). The summed E-state index contributed by atoms with van der Waals surface area (Å²) in [6.45, 7) is 1.13. The Morgan fingerprint density at radius 3 is 2.29 bits per heavy atom. The molecule has 0 aliphatic carbocycles. The average Bonchev–Trinajstić information content (AvgIpc) is 3.29. The summed E-state index contributed by atoms with van der Waals surface area (Å²) in [5.41, 5.74) is 7.91. The number of aromatic nitrogens is 1. The second-order valence-electron chi connectivity index (χ2n) is 8.00. The Morgan fingerprint density at radius 2 is 1.62 bits per heavy atom. The number of rotatable bonds is 4. The molecule has 0 spiro atoms. The van der Waals surface area contributed by atoms with E-state index < -0.39 is 10.0 Å². The molecule has 1 aliphatic rings. The van der Waals surface area contributed by atoms with Crippen molar-refractivity contribution in [2.24, 2.45) is 0 Å². The predicted octanol–water partition coefficient (Wildman–Crippen LogP) is 4.35. The zero-order valence-corrected chi connectivity index (χ0v) is 20.4.